The van der Waals surface area contributed by atoms with Gasteiger partial charge in [0.05, 0.1) is 6.04 Å². The van der Waals surface area contributed by atoms with Crippen molar-refractivity contribution in [1.29, 1.82) is 0 Å². The highest BCUT2D eigenvalue weighted by Crippen LogP contribution is 2.32. The van der Waals surface area contributed by atoms with Crippen molar-refractivity contribution >= 4 is 17.7 Å². The molecule has 3 aromatic rings. The van der Waals surface area contributed by atoms with Crippen LogP contribution in [0.5, 0.6) is 0 Å². The summed E-state index contributed by atoms with van der Waals surface area (Å²) < 4.78 is 1.95. The van der Waals surface area contributed by atoms with Gasteiger partial charge in [-0.3, -0.25) is 4.79 Å². The van der Waals surface area contributed by atoms with E-state index < -0.39 is 0 Å². The summed E-state index contributed by atoms with van der Waals surface area (Å²) in [5, 5.41) is 9.97. The van der Waals surface area contributed by atoms with Crippen molar-refractivity contribution < 1.29 is 4.79 Å². The number of nitrogens with one attached hydrogen (secondary N) is 3. The number of carbonyl (C=O) groups excluding carboxylic acids is 1. The van der Waals surface area contributed by atoms with Crippen LogP contribution in [0.1, 0.15) is 62.1 Å². The minimum Gasteiger partial charge on any atom is -0.358 e. The van der Waals surface area contributed by atoms with E-state index >= 15 is 0 Å². The Kier molecular flexibility index (Phi) is 6.79. The molecule has 2 aliphatic rings. The first-order chi connectivity index (χ1) is 16.7. The predicted octanol–water partition coefficient (Wildman–Crippen LogP) is 4.86. The van der Waals surface area contributed by atoms with E-state index in [-0.39, 0.29) is 23.9 Å². The van der Waals surface area contributed by atoms with Gasteiger partial charge < -0.3 is 20.5 Å². The molecule has 0 bridgehead atoms. The first-order valence-electron chi connectivity index (χ1n) is 12.6. The fourth-order valence-electron chi connectivity index (χ4n) is 5.43. The van der Waals surface area contributed by atoms with Gasteiger partial charge in [-0.1, -0.05) is 43.5 Å². The minimum atomic E-state index is -0.327. The number of hydrogen-bond donors (Lipinski definition) is 3. The van der Waals surface area contributed by atoms with Crippen LogP contribution in [0.2, 0.25) is 0 Å². The van der Waals surface area contributed by atoms with Crippen LogP contribution in [0.3, 0.4) is 0 Å². The first-order valence-corrected chi connectivity index (χ1v) is 12.6. The van der Waals surface area contributed by atoms with E-state index in [4.69, 9.17) is 0 Å². The number of hydrogen-bond acceptors (Lipinski definition) is 5. The second-order valence-corrected chi connectivity index (χ2v) is 9.45. The summed E-state index contributed by atoms with van der Waals surface area (Å²) in [6.45, 7) is 0. The minimum absolute atomic E-state index is 0.0686. The summed E-state index contributed by atoms with van der Waals surface area (Å²) in [6, 6.07) is 14.1. The van der Waals surface area contributed by atoms with Gasteiger partial charge in [0, 0.05) is 25.5 Å². The topological polar surface area (TPSA) is 83.9 Å². The quantitative estimate of drug-likeness (QED) is 0.471. The highest BCUT2D eigenvalue weighted by atomic mass is 16.2. The summed E-state index contributed by atoms with van der Waals surface area (Å²) in [5.41, 5.74) is 2.62. The summed E-state index contributed by atoms with van der Waals surface area (Å²) >= 11 is 0. The third-order valence-electron chi connectivity index (χ3n) is 7.20. The Labute approximate surface area is 201 Å². The van der Waals surface area contributed by atoms with Crippen molar-refractivity contribution in [2.45, 2.75) is 63.5 Å². The van der Waals surface area contributed by atoms with Gasteiger partial charge in [-0.05, 0) is 61.3 Å². The SMILES string of the molecule is CNc1nc(N[C@@H](C(=O)N[C@@H]2CCCc3ccccc32)C2CCCCC2)cc(-n2cccc2)n1. The molecule has 1 fully saturated rings. The summed E-state index contributed by atoms with van der Waals surface area (Å²) in [4.78, 5) is 23.0. The van der Waals surface area contributed by atoms with Gasteiger partial charge in [0.1, 0.15) is 17.7 Å². The van der Waals surface area contributed by atoms with Crippen LogP contribution in [0.15, 0.2) is 54.9 Å². The number of nitrogens with zero attached hydrogens (tertiary/aromatic N) is 3. The Balaban J connectivity index is 1.41. The predicted molar refractivity (Wildman–Crippen MR) is 135 cm³/mol. The van der Waals surface area contributed by atoms with Gasteiger partial charge in [0.2, 0.25) is 11.9 Å². The second kappa shape index (κ2) is 10.3. The van der Waals surface area contributed by atoms with E-state index in [0.717, 1.165) is 37.9 Å². The van der Waals surface area contributed by atoms with Gasteiger partial charge in [0.15, 0.2) is 0 Å². The lowest BCUT2D eigenvalue weighted by molar-refractivity contribution is -0.124. The second-order valence-electron chi connectivity index (χ2n) is 9.45. The maximum Gasteiger partial charge on any atom is 0.243 e. The normalized spacial score (nSPS) is 19.1. The van der Waals surface area contributed by atoms with Crippen LogP contribution in [-0.4, -0.2) is 33.5 Å². The number of amides is 1. The van der Waals surface area contributed by atoms with E-state index in [1.807, 2.05) is 42.2 Å². The molecule has 7 heteroatoms. The Bertz CT molecular complexity index is 1110. The van der Waals surface area contributed by atoms with Crippen LogP contribution in [0.4, 0.5) is 11.8 Å². The number of fused-ring (bicyclic) bond motifs is 1. The lowest BCUT2D eigenvalue weighted by atomic mass is 9.82. The van der Waals surface area contributed by atoms with Crippen molar-refractivity contribution in [2.24, 2.45) is 5.92 Å². The van der Waals surface area contributed by atoms with Gasteiger partial charge in [-0.15, -0.1) is 0 Å². The lowest BCUT2D eigenvalue weighted by Gasteiger charge is -2.33. The Morgan fingerprint density at radius 3 is 2.59 bits per heavy atom. The maximum absolute atomic E-state index is 13.8. The molecule has 2 aliphatic carbocycles. The lowest BCUT2D eigenvalue weighted by Crippen LogP contribution is -2.47. The largest absolute Gasteiger partial charge is 0.358 e. The highest BCUT2D eigenvalue weighted by Gasteiger charge is 2.32. The average Bonchev–Trinajstić information content (AvgIpc) is 3.43. The molecule has 2 aromatic heterocycles. The summed E-state index contributed by atoms with van der Waals surface area (Å²) in [5.74, 6) is 2.31. The molecule has 0 saturated heterocycles. The van der Waals surface area contributed by atoms with Gasteiger partial charge in [-0.2, -0.15) is 9.97 Å². The highest BCUT2D eigenvalue weighted by molar-refractivity contribution is 5.85. The van der Waals surface area contributed by atoms with Crippen LogP contribution < -0.4 is 16.0 Å². The molecule has 1 amide bonds. The molecule has 3 N–H and O–H groups in total. The zero-order valence-electron chi connectivity index (χ0n) is 19.8. The molecular weight excluding hydrogens is 424 g/mol. The van der Waals surface area contributed by atoms with Crippen LogP contribution in [-0.2, 0) is 11.2 Å². The van der Waals surface area contributed by atoms with Crippen molar-refractivity contribution in [3.63, 3.8) is 0 Å². The Hall–Kier alpha value is -3.35. The van der Waals surface area contributed by atoms with E-state index in [1.165, 1.54) is 30.4 Å². The number of aromatic nitrogens is 3. The molecule has 0 aliphatic heterocycles. The maximum atomic E-state index is 13.8. The molecule has 2 heterocycles. The number of benzene rings is 1. The molecule has 0 radical (unpaired) electrons. The van der Waals surface area contributed by atoms with Crippen molar-refractivity contribution in [2.75, 3.05) is 17.7 Å². The smallest absolute Gasteiger partial charge is 0.243 e. The van der Waals surface area contributed by atoms with Gasteiger partial charge in [0.25, 0.3) is 0 Å². The summed E-state index contributed by atoms with van der Waals surface area (Å²) in [7, 11) is 1.81. The molecule has 34 heavy (non-hydrogen) atoms. The average molecular weight is 459 g/mol. The van der Waals surface area contributed by atoms with Gasteiger partial charge >= 0.3 is 0 Å². The Morgan fingerprint density at radius 1 is 1.00 bits per heavy atom. The third-order valence-corrected chi connectivity index (χ3v) is 7.20. The molecule has 1 saturated carbocycles. The zero-order valence-corrected chi connectivity index (χ0v) is 19.8. The first kappa shape index (κ1) is 22.4. The fraction of sp³-hybridized carbons (Fsp3) is 0.444. The fourth-order valence-corrected chi connectivity index (χ4v) is 5.43. The molecular formula is C27H34N6O. The van der Waals surface area contributed by atoms with E-state index in [0.29, 0.717) is 11.8 Å². The third kappa shape index (κ3) is 4.93. The van der Waals surface area contributed by atoms with Crippen molar-refractivity contribution in [3.05, 3.63) is 66.0 Å². The summed E-state index contributed by atoms with van der Waals surface area (Å²) in [6.07, 6.45) is 12.8. The molecule has 2 atom stereocenters. The molecule has 178 valence electrons. The molecule has 0 unspecified atom stereocenters. The molecule has 0 spiro atoms. The van der Waals surface area contributed by atoms with Crippen molar-refractivity contribution in [3.8, 4) is 5.82 Å². The molecule has 7 nitrogen and oxygen atoms in total. The Morgan fingerprint density at radius 2 is 1.79 bits per heavy atom. The van der Waals surface area contributed by atoms with E-state index in [2.05, 4.69) is 50.2 Å². The number of carbonyl (C=O) groups is 1. The molecule has 1 aromatic carbocycles. The van der Waals surface area contributed by atoms with Crippen LogP contribution in [0.25, 0.3) is 5.82 Å². The standard InChI is InChI=1S/C27H34N6O/c1-28-27-31-23(18-24(32-27)33-16-7-8-17-33)30-25(20-11-3-2-4-12-20)26(34)29-22-15-9-13-19-10-5-6-14-21(19)22/h5-8,10,14,16-18,20,22,25H,2-4,9,11-13,15H2,1H3,(H,29,34)(H2,28,30,31,32)/t22-,25-/m1/s1. The number of rotatable bonds is 7. The number of anilines is 2. The van der Waals surface area contributed by atoms with E-state index in [1.54, 1.807) is 0 Å². The monoisotopic (exact) mass is 458 g/mol. The van der Waals surface area contributed by atoms with Crippen molar-refractivity contribution in [1.82, 2.24) is 19.9 Å². The molecule has 5 rings (SSSR count). The zero-order chi connectivity index (χ0) is 23.3. The van der Waals surface area contributed by atoms with Crippen LogP contribution in [0, 0.1) is 5.92 Å². The van der Waals surface area contributed by atoms with E-state index in [9.17, 15) is 4.79 Å². The van der Waals surface area contributed by atoms with Gasteiger partial charge in [-0.25, -0.2) is 0 Å². The number of aryl methyl sites for hydroxylation is 1. The van der Waals surface area contributed by atoms with Crippen LogP contribution >= 0.6 is 0 Å².